The molecule has 78 valence electrons. The Hall–Kier alpha value is -0.0600. The van der Waals surface area contributed by atoms with Crippen molar-refractivity contribution in [3.8, 4) is 0 Å². The molecule has 1 fully saturated rings. The van der Waals surface area contributed by atoms with Crippen LogP contribution in [0.5, 0.6) is 0 Å². The van der Waals surface area contributed by atoms with E-state index in [1.807, 2.05) is 18.7 Å². The third kappa shape index (κ3) is 2.49. The van der Waals surface area contributed by atoms with E-state index in [0.717, 1.165) is 12.1 Å². The first-order valence-electron chi connectivity index (χ1n) is 5.04. The van der Waals surface area contributed by atoms with Gasteiger partial charge in [0.1, 0.15) is 0 Å². The summed E-state index contributed by atoms with van der Waals surface area (Å²) in [5.41, 5.74) is 7.29. The lowest BCUT2D eigenvalue weighted by atomic mass is 10.1. The molecule has 2 nitrogen and oxygen atoms in total. The second-order valence-corrected chi connectivity index (χ2v) is 6.09. The van der Waals surface area contributed by atoms with E-state index in [1.165, 1.54) is 23.6 Å². The number of nitrogens with zero attached hydrogens (tertiary/aromatic N) is 1. The first-order chi connectivity index (χ1) is 6.75. The number of thiazole rings is 1. The highest BCUT2D eigenvalue weighted by molar-refractivity contribution is 8.00. The first kappa shape index (κ1) is 10.5. The van der Waals surface area contributed by atoms with Crippen LogP contribution in [0.1, 0.15) is 23.5 Å². The maximum atomic E-state index is 6.17. The minimum absolute atomic E-state index is 0.299. The van der Waals surface area contributed by atoms with Crippen molar-refractivity contribution in [1.29, 1.82) is 0 Å². The van der Waals surface area contributed by atoms with Crippen LogP contribution in [0.3, 0.4) is 0 Å². The Balaban J connectivity index is 1.90. The van der Waals surface area contributed by atoms with Crippen molar-refractivity contribution in [3.63, 3.8) is 0 Å². The Morgan fingerprint density at radius 1 is 1.71 bits per heavy atom. The van der Waals surface area contributed by atoms with Gasteiger partial charge in [-0.1, -0.05) is 0 Å². The van der Waals surface area contributed by atoms with Gasteiger partial charge in [-0.05, 0) is 25.5 Å². The minimum Gasteiger partial charge on any atom is -0.326 e. The highest BCUT2D eigenvalue weighted by Gasteiger charge is 2.23. The van der Waals surface area contributed by atoms with Gasteiger partial charge in [-0.3, -0.25) is 0 Å². The molecular formula is C10H16N2S2. The van der Waals surface area contributed by atoms with Crippen molar-refractivity contribution in [2.24, 2.45) is 5.73 Å². The van der Waals surface area contributed by atoms with E-state index >= 15 is 0 Å². The van der Waals surface area contributed by atoms with E-state index < -0.39 is 0 Å². The largest absolute Gasteiger partial charge is 0.326 e. The van der Waals surface area contributed by atoms with Crippen molar-refractivity contribution in [2.45, 2.75) is 37.5 Å². The molecular weight excluding hydrogens is 212 g/mol. The zero-order chi connectivity index (χ0) is 9.97. The van der Waals surface area contributed by atoms with Crippen molar-refractivity contribution >= 4 is 23.1 Å². The van der Waals surface area contributed by atoms with Crippen LogP contribution in [0.25, 0.3) is 0 Å². The number of aromatic nitrogens is 1. The SMILES string of the molecule is Cc1csc(CC(N)C2CCCS2)n1. The van der Waals surface area contributed by atoms with Crippen molar-refractivity contribution in [1.82, 2.24) is 4.98 Å². The Morgan fingerprint density at radius 2 is 2.57 bits per heavy atom. The normalized spacial score (nSPS) is 24.0. The van der Waals surface area contributed by atoms with Crippen LogP contribution in [-0.4, -0.2) is 22.0 Å². The van der Waals surface area contributed by atoms with Crippen molar-refractivity contribution in [3.05, 3.63) is 16.1 Å². The number of rotatable bonds is 3. The molecule has 4 heteroatoms. The lowest BCUT2D eigenvalue weighted by Crippen LogP contribution is -2.32. The van der Waals surface area contributed by atoms with Crippen LogP contribution in [0.15, 0.2) is 5.38 Å². The van der Waals surface area contributed by atoms with Gasteiger partial charge in [0, 0.05) is 28.8 Å². The molecule has 1 saturated heterocycles. The molecule has 2 unspecified atom stereocenters. The van der Waals surface area contributed by atoms with E-state index in [2.05, 4.69) is 10.4 Å². The summed E-state index contributed by atoms with van der Waals surface area (Å²) >= 11 is 3.76. The minimum atomic E-state index is 0.299. The summed E-state index contributed by atoms with van der Waals surface area (Å²) in [4.78, 5) is 4.45. The van der Waals surface area contributed by atoms with Gasteiger partial charge in [0.2, 0.25) is 0 Å². The van der Waals surface area contributed by atoms with Crippen LogP contribution in [-0.2, 0) is 6.42 Å². The van der Waals surface area contributed by atoms with Crippen molar-refractivity contribution in [2.75, 3.05) is 5.75 Å². The van der Waals surface area contributed by atoms with Crippen LogP contribution >= 0.6 is 23.1 Å². The van der Waals surface area contributed by atoms with E-state index in [0.29, 0.717) is 11.3 Å². The molecule has 14 heavy (non-hydrogen) atoms. The molecule has 0 spiro atoms. The summed E-state index contributed by atoms with van der Waals surface area (Å²) in [6.07, 6.45) is 3.58. The van der Waals surface area contributed by atoms with E-state index in [9.17, 15) is 0 Å². The Bertz CT molecular complexity index is 292. The predicted octanol–water partition coefficient (Wildman–Crippen LogP) is 2.22. The maximum absolute atomic E-state index is 6.17. The quantitative estimate of drug-likeness (QED) is 0.862. The van der Waals surface area contributed by atoms with Gasteiger partial charge in [-0.2, -0.15) is 11.8 Å². The lowest BCUT2D eigenvalue weighted by Gasteiger charge is -2.16. The lowest BCUT2D eigenvalue weighted by molar-refractivity contribution is 0.607. The molecule has 2 rings (SSSR count). The third-order valence-electron chi connectivity index (χ3n) is 2.52. The summed E-state index contributed by atoms with van der Waals surface area (Å²) < 4.78 is 0. The fourth-order valence-corrected chi connectivity index (χ4v) is 3.93. The van der Waals surface area contributed by atoms with E-state index in [1.54, 1.807) is 11.3 Å². The third-order valence-corrected chi connectivity index (χ3v) is 5.05. The molecule has 0 aromatic carbocycles. The maximum Gasteiger partial charge on any atom is 0.0943 e. The second-order valence-electron chi connectivity index (χ2n) is 3.80. The van der Waals surface area contributed by atoms with Gasteiger partial charge in [-0.15, -0.1) is 11.3 Å². The van der Waals surface area contributed by atoms with Gasteiger partial charge in [0.25, 0.3) is 0 Å². The molecule has 2 heterocycles. The fourth-order valence-electron chi connectivity index (χ4n) is 1.77. The molecule has 1 aromatic rings. The van der Waals surface area contributed by atoms with Crippen molar-refractivity contribution < 1.29 is 0 Å². The van der Waals surface area contributed by atoms with Gasteiger partial charge >= 0.3 is 0 Å². The summed E-state index contributed by atoms with van der Waals surface area (Å²) in [5, 5.41) is 3.96. The first-order valence-corrected chi connectivity index (χ1v) is 6.97. The second kappa shape index (κ2) is 4.64. The monoisotopic (exact) mass is 228 g/mol. The van der Waals surface area contributed by atoms with Crippen LogP contribution < -0.4 is 5.73 Å². The molecule has 2 N–H and O–H groups in total. The van der Waals surface area contributed by atoms with Crippen LogP contribution in [0.2, 0.25) is 0 Å². The topological polar surface area (TPSA) is 38.9 Å². The molecule has 0 amide bonds. The van der Waals surface area contributed by atoms with Gasteiger partial charge < -0.3 is 5.73 Å². The van der Waals surface area contributed by atoms with E-state index in [4.69, 9.17) is 5.73 Å². The molecule has 1 aromatic heterocycles. The zero-order valence-electron chi connectivity index (χ0n) is 8.40. The summed E-state index contributed by atoms with van der Waals surface area (Å²) in [7, 11) is 0. The number of thioether (sulfide) groups is 1. The molecule has 0 saturated carbocycles. The summed E-state index contributed by atoms with van der Waals surface area (Å²) in [5.74, 6) is 1.29. The van der Waals surface area contributed by atoms with Gasteiger partial charge in [0.05, 0.1) is 5.01 Å². The van der Waals surface area contributed by atoms with Crippen LogP contribution in [0, 0.1) is 6.92 Å². The Labute approximate surface area is 93.3 Å². The van der Waals surface area contributed by atoms with Gasteiger partial charge in [0.15, 0.2) is 0 Å². The zero-order valence-corrected chi connectivity index (χ0v) is 10.0. The molecule has 0 radical (unpaired) electrons. The number of hydrogen-bond donors (Lipinski definition) is 1. The summed E-state index contributed by atoms with van der Waals surface area (Å²) in [6, 6.07) is 0.299. The Kier molecular flexibility index (Phi) is 3.47. The molecule has 1 aliphatic rings. The van der Waals surface area contributed by atoms with Crippen LogP contribution in [0.4, 0.5) is 0 Å². The molecule has 1 aliphatic heterocycles. The number of aryl methyl sites for hydroxylation is 1. The Morgan fingerprint density at radius 3 is 3.14 bits per heavy atom. The average molecular weight is 228 g/mol. The summed E-state index contributed by atoms with van der Waals surface area (Å²) in [6.45, 7) is 2.04. The van der Waals surface area contributed by atoms with Gasteiger partial charge in [-0.25, -0.2) is 4.98 Å². The highest BCUT2D eigenvalue weighted by Crippen LogP contribution is 2.29. The number of hydrogen-bond acceptors (Lipinski definition) is 4. The van der Waals surface area contributed by atoms with E-state index in [-0.39, 0.29) is 0 Å². The smallest absolute Gasteiger partial charge is 0.0943 e. The predicted molar refractivity (Wildman–Crippen MR) is 64.0 cm³/mol. The number of nitrogens with two attached hydrogens (primary N) is 1. The molecule has 0 bridgehead atoms. The fraction of sp³-hybridized carbons (Fsp3) is 0.700. The molecule has 0 aliphatic carbocycles. The standard InChI is InChI=1S/C10H16N2S2/c1-7-6-14-10(12-7)5-8(11)9-3-2-4-13-9/h6,8-9H,2-5,11H2,1H3. The average Bonchev–Trinajstić information content (AvgIpc) is 2.75. The highest BCUT2D eigenvalue weighted by atomic mass is 32.2. The molecule has 2 atom stereocenters.